The molecule has 0 fully saturated rings. The number of halogens is 1. The van der Waals surface area contributed by atoms with Crippen LogP contribution >= 0.6 is 15.9 Å². The molecule has 5 nitrogen and oxygen atoms in total. The molecule has 0 radical (unpaired) electrons. The molecule has 1 aromatic heterocycles. The lowest BCUT2D eigenvalue weighted by molar-refractivity contribution is 0.266. The highest BCUT2D eigenvalue weighted by molar-refractivity contribution is 9.10. The van der Waals surface area contributed by atoms with Crippen LogP contribution in [0.2, 0.25) is 0 Å². The van der Waals surface area contributed by atoms with E-state index >= 15 is 0 Å². The van der Waals surface area contributed by atoms with E-state index in [1.165, 1.54) is 0 Å². The molecule has 106 valence electrons. The van der Waals surface area contributed by atoms with E-state index in [2.05, 4.69) is 25.9 Å². The van der Waals surface area contributed by atoms with Gasteiger partial charge in [-0.3, -0.25) is 0 Å². The quantitative estimate of drug-likeness (QED) is 0.809. The van der Waals surface area contributed by atoms with Crippen molar-refractivity contribution in [2.45, 2.75) is 13.5 Å². The number of hydrogen-bond donors (Lipinski definition) is 0. The van der Waals surface area contributed by atoms with Crippen molar-refractivity contribution >= 4 is 15.9 Å². The van der Waals surface area contributed by atoms with Gasteiger partial charge >= 0.3 is 6.01 Å². The second kappa shape index (κ2) is 7.09. The van der Waals surface area contributed by atoms with Gasteiger partial charge < -0.3 is 14.2 Å². The second-order valence-corrected chi connectivity index (χ2v) is 4.73. The zero-order valence-corrected chi connectivity index (χ0v) is 12.9. The molecule has 6 heteroatoms. The monoisotopic (exact) mass is 338 g/mol. The molecule has 0 aliphatic rings. The number of aromatic nitrogens is 2. The number of benzene rings is 1. The largest absolute Gasteiger partial charge is 0.497 e. The topological polar surface area (TPSA) is 53.5 Å². The van der Waals surface area contributed by atoms with E-state index in [4.69, 9.17) is 14.2 Å². The molecule has 0 aliphatic heterocycles. The van der Waals surface area contributed by atoms with Gasteiger partial charge in [0.1, 0.15) is 12.4 Å². The van der Waals surface area contributed by atoms with Crippen LogP contribution in [0.3, 0.4) is 0 Å². The zero-order chi connectivity index (χ0) is 14.4. The van der Waals surface area contributed by atoms with Crippen molar-refractivity contribution in [3.05, 3.63) is 40.5 Å². The van der Waals surface area contributed by atoms with Crippen LogP contribution in [0, 0.1) is 0 Å². The van der Waals surface area contributed by atoms with E-state index in [1.807, 2.05) is 31.2 Å². The molecule has 0 unspecified atom stereocenters. The summed E-state index contributed by atoms with van der Waals surface area (Å²) in [5.74, 6) is 1.29. The Morgan fingerprint density at radius 2 is 1.90 bits per heavy atom. The number of hydrogen-bond acceptors (Lipinski definition) is 5. The normalized spacial score (nSPS) is 10.2. The fraction of sp³-hybridized carbons (Fsp3) is 0.286. The first kappa shape index (κ1) is 14.6. The fourth-order valence-corrected chi connectivity index (χ4v) is 1.82. The van der Waals surface area contributed by atoms with Crippen molar-refractivity contribution in [2.75, 3.05) is 13.7 Å². The van der Waals surface area contributed by atoms with Gasteiger partial charge in [-0.2, -0.15) is 4.98 Å². The molecule has 0 saturated heterocycles. The second-order valence-electron chi connectivity index (χ2n) is 3.88. The summed E-state index contributed by atoms with van der Waals surface area (Å²) in [5, 5.41) is 0. The Labute approximate surface area is 126 Å². The molecule has 1 heterocycles. The lowest BCUT2D eigenvalue weighted by Gasteiger charge is -2.08. The molecule has 0 N–H and O–H groups in total. The van der Waals surface area contributed by atoms with Crippen LogP contribution in [0.25, 0.3) is 0 Å². The van der Waals surface area contributed by atoms with Gasteiger partial charge in [-0.1, -0.05) is 12.1 Å². The third-order valence-corrected chi connectivity index (χ3v) is 3.04. The van der Waals surface area contributed by atoms with Gasteiger partial charge in [0.2, 0.25) is 5.88 Å². The first-order chi connectivity index (χ1) is 9.72. The number of rotatable bonds is 6. The third kappa shape index (κ3) is 3.84. The molecule has 1 aromatic carbocycles. The first-order valence-electron chi connectivity index (χ1n) is 6.14. The maximum Gasteiger partial charge on any atom is 0.320 e. The first-order valence-corrected chi connectivity index (χ1v) is 6.93. The highest BCUT2D eigenvalue weighted by atomic mass is 79.9. The van der Waals surface area contributed by atoms with Crippen molar-refractivity contribution in [1.29, 1.82) is 0 Å². The van der Waals surface area contributed by atoms with Gasteiger partial charge in [0.25, 0.3) is 0 Å². The Balaban J connectivity index is 2.00. The number of ether oxygens (including phenoxy) is 3. The summed E-state index contributed by atoms with van der Waals surface area (Å²) in [6, 6.07) is 7.91. The molecule has 0 bridgehead atoms. The molecule has 0 spiro atoms. The maximum atomic E-state index is 5.54. The van der Waals surface area contributed by atoms with Gasteiger partial charge in [0.05, 0.1) is 24.4 Å². The van der Waals surface area contributed by atoms with Crippen LogP contribution in [0.15, 0.2) is 34.9 Å². The van der Waals surface area contributed by atoms with Crippen molar-refractivity contribution in [3.63, 3.8) is 0 Å². The summed E-state index contributed by atoms with van der Waals surface area (Å²) >= 11 is 3.32. The van der Waals surface area contributed by atoms with Crippen LogP contribution in [0.4, 0.5) is 0 Å². The number of nitrogens with zero attached hydrogens (tertiary/aromatic N) is 2. The molecule has 0 amide bonds. The molecule has 0 aliphatic carbocycles. The highest BCUT2D eigenvalue weighted by Gasteiger charge is 2.07. The highest BCUT2D eigenvalue weighted by Crippen LogP contribution is 2.23. The van der Waals surface area contributed by atoms with Gasteiger partial charge in [-0.15, -0.1) is 0 Å². The van der Waals surface area contributed by atoms with Gasteiger partial charge in [0, 0.05) is 0 Å². The summed E-state index contributed by atoms with van der Waals surface area (Å²) in [6.07, 6.45) is 1.61. The zero-order valence-electron chi connectivity index (χ0n) is 11.3. The van der Waals surface area contributed by atoms with Crippen molar-refractivity contribution in [3.8, 4) is 17.6 Å². The lowest BCUT2D eigenvalue weighted by atomic mass is 10.2. The van der Waals surface area contributed by atoms with Crippen molar-refractivity contribution in [1.82, 2.24) is 9.97 Å². The summed E-state index contributed by atoms with van der Waals surface area (Å²) in [4.78, 5) is 8.27. The van der Waals surface area contributed by atoms with Crippen LogP contribution in [-0.2, 0) is 6.61 Å². The molecule has 0 saturated carbocycles. The Kier molecular flexibility index (Phi) is 5.17. The summed E-state index contributed by atoms with van der Waals surface area (Å²) in [6.45, 7) is 2.82. The average Bonchev–Trinajstić information content (AvgIpc) is 2.49. The van der Waals surface area contributed by atoms with Gasteiger partial charge in [-0.05, 0) is 40.5 Å². The summed E-state index contributed by atoms with van der Waals surface area (Å²) < 4.78 is 16.7. The molecular formula is C14H15BrN2O3. The van der Waals surface area contributed by atoms with E-state index in [-0.39, 0.29) is 6.01 Å². The molecule has 0 atom stereocenters. The minimum Gasteiger partial charge on any atom is -0.497 e. The van der Waals surface area contributed by atoms with Gasteiger partial charge in [0.15, 0.2) is 0 Å². The molecule has 20 heavy (non-hydrogen) atoms. The van der Waals surface area contributed by atoms with E-state index in [0.717, 1.165) is 11.3 Å². The molecule has 2 rings (SSSR count). The van der Waals surface area contributed by atoms with Crippen molar-refractivity contribution in [2.24, 2.45) is 0 Å². The van der Waals surface area contributed by atoms with E-state index in [0.29, 0.717) is 23.6 Å². The predicted octanol–water partition coefficient (Wildman–Crippen LogP) is 3.23. The Morgan fingerprint density at radius 1 is 1.15 bits per heavy atom. The van der Waals surface area contributed by atoms with E-state index < -0.39 is 0 Å². The fourth-order valence-electron chi connectivity index (χ4n) is 1.51. The Bertz CT molecular complexity index is 561. The average molecular weight is 339 g/mol. The van der Waals surface area contributed by atoms with Crippen LogP contribution in [-0.4, -0.2) is 23.7 Å². The third-order valence-electron chi connectivity index (χ3n) is 2.50. The summed E-state index contributed by atoms with van der Waals surface area (Å²) in [5.41, 5.74) is 1.01. The standard InChI is InChI=1S/C14H15BrN2O3/c1-3-19-13-12(15)8-16-14(17-13)20-9-10-4-6-11(18-2)7-5-10/h4-8H,3,9H2,1-2H3. The van der Waals surface area contributed by atoms with Gasteiger partial charge in [-0.25, -0.2) is 4.98 Å². The molecular weight excluding hydrogens is 324 g/mol. The Morgan fingerprint density at radius 3 is 2.55 bits per heavy atom. The maximum absolute atomic E-state index is 5.54. The SMILES string of the molecule is CCOc1nc(OCc2ccc(OC)cc2)ncc1Br. The molecule has 2 aromatic rings. The van der Waals surface area contributed by atoms with E-state index in [1.54, 1.807) is 13.3 Å². The Hall–Kier alpha value is -1.82. The van der Waals surface area contributed by atoms with Crippen molar-refractivity contribution < 1.29 is 14.2 Å². The summed E-state index contributed by atoms with van der Waals surface area (Å²) in [7, 11) is 1.64. The number of methoxy groups -OCH3 is 1. The van der Waals surface area contributed by atoms with E-state index in [9.17, 15) is 0 Å². The predicted molar refractivity (Wildman–Crippen MR) is 78.2 cm³/mol. The van der Waals surface area contributed by atoms with Crippen LogP contribution < -0.4 is 14.2 Å². The smallest absolute Gasteiger partial charge is 0.320 e. The minimum atomic E-state index is 0.285. The van der Waals surface area contributed by atoms with Crippen LogP contribution in [0.5, 0.6) is 17.6 Å². The van der Waals surface area contributed by atoms with Crippen LogP contribution in [0.1, 0.15) is 12.5 Å². The lowest BCUT2D eigenvalue weighted by Crippen LogP contribution is -2.02. The minimum absolute atomic E-state index is 0.285.